The molecule has 0 aliphatic heterocycles. The molecule has 9 nitrogen and oxygen atoms in total. The fraction of sp³-hybridized carbons (Fsp3) is 0.182. The van der Waals surface area contributed by atoms with Crippen molar-refractivity contribution >= 4 is 23.5 Å². The fourth-order valence-corrected chi connectivity index (χ4v) is 1.40. The van der Waals surface area contributed by atoms with Crippen LogP contribution < -0.4 is 11.1 Å². The first-order valence-electron chi connectivity index (χ1n) is 5.37. The maximum absolute atomic E-state index is 11.8. The lowest BCUT2D eigenvalue weighted by atomic mass is 10.1. The second-order valence-corrected chi connectivity index (χ2v) is 3.84. The summed E-state index contributed by atoms with van der Waals surface area (Å²) in [5.74, 6) is -3.17. The number of carboxylic acids is 1. The van der Waals surface area contributed by atoms with Gasteiger partial charge < -0.3 is 16.2 Å². The standard InChI is InChI=1S/C11H11N3O6/c12-9(15)5-8(11(17)18)13-10(16)6-2-1-3-7(4-6)14(19)20/h1-4,8H,5H2,(H2,12,15)(H,13,16)(H,17,18)/t8-/m1/s1. The summed E-state index contributed by atoms with van der Waals surface area (Å²) >= 11 is 0. The van der Waals surface area contributed by atoms with Crippen molar-refractivity contribution in [3.8, 4) is 0 Å². The number of nitro groups is 1. The molecule has 1 atom stereocenters. The fourth-order valence-electron chi connectivity index (χ4n) is 1.40. The monoisotopic (exact) mass is 281 g/mol. The summed E-state index contributed by atoms with van der Waals surface area (Å²) < 4.78 is 0. The van der Waals surface area contributed by atoms with Gasteiger partial charge in [-0.3, -0.25) is 19.7 Å². The van der Waals surface area contributed by atoms with Crippen molar-refractivity contribution in [2.75, 3.05) is 0 Å². The highest BCUT2D eigenvalue weighted by molar-refractivity contribution is 5.98. The van der Waals surface area contributed by atoms with Crippen molar-refractivity contribution in [3.63, 3.8) is 0 Å². The Morgan fingerprint density at radius 2 is 2.05 bits per heavy atom. The van der Waals surface area contributed by atoms with Gasteiger partial charge in [0, 0.05) is 17.7 Å². The lowest BCUT2D eigenvalue weighted by molar-refractivity contribution is -0.384. The van der Waals surface area contributed by atoms with Crippen LogP contribution in [0.5, 0.6) is 0 Å². The molecule has 0 fully saturated rings. The van der Waals surface area contributed by atoms with Crippen LogP contribution in [0.3, 0.4) is 0 Å². The van der Waals surface area contributed by atoms with Gasteiger partial charge in [0.05, 0.1) is 11.3 Å². The Bertz CT molecular complexity index is 571. The molecule has 20 heavy (non-hydrogen) atoms. The molecule has 9 heteroatoms. The number of amides is 2. The molecule has 0 heterocycles. The van der Waals surface area contributed by atoms with Crippen molar-refractivity contribution in [2.45, 2.75) is 12.5 Å². The number of nitrogens with one attached hydrogen (secondary N) is 1. The van der Waals surface area contributed by atoms with Gasteiger partial charge in [-0.05, 0) is 6.07 Å². The Morgan fingerprint density at radius 3 is 2.55 bits per heavy atom. The van der Waals surface area contributed by atoms with Crippen LogP contribution in [0.2, 0.25) is 0 Å². The van der Waals surface area contributed by atoms with E-state index in [1.54, 1.807) is 0 Å². The highest BCUT2D eigenvalue weighted by Crippen LogP contribution is 2.13. The maximum Gasteiger partial charge on any atom is 0.326 e. The number of carbonyl (C=O) groups is 3. The molecule has 0 unspecified atom stereocenters. The second kappa shape index (κ2) is 6.27. The number of carboxylic acid groups (broad SMARTS) is 1. The van der Waals surface area contributed by atoms with E-state index >= 15 is 0 Å². The number of nitrogens with zero attached hydrogens (tertiary/aromatic N) is 1. The van der Waals surface area contributed by atoms with Gasteiger partial charge in [-0.15, -0.1) is 0 Å². The van der Waals surface area contributed by atoms with Gasteiger partial charge in [0.1, 0.15) is 6.04 Å². The van der Waals surface area contributed by atoms with E-state index in [1.807, 2.05) is 0 Å². The number of non-ortho nitro benzene ring substituents is 1. The molecule has 106 valence electrons. The molecule has 0 aliphatic carbocycles. The summed E-state index contributed by atoms with van der Waals surface area (Å²) in [6, 6.07) is 3.27. The number of primary amides is 1. The normalized spacial score (nSPS) is 11.4. The number of hydrogen-bond acceptors (Lipinski definition) is 5. The Kier molecular flexibility index (Phi) is 4.73. The van der Waals surface area contributed by atoms with E-state index in [0.717, 1.165) is 6.07 Å². The summed E-state index contributed by atoms with van der Waals surface area (Å²) in [5.41, 5.74) is 4.47. The zero-order chi connectivity index (χ0) is 15.3. The lowest BCUT2D eigenvalue weighted by Crippen LogP contribution is -2.43. The number of nitrogens with two attached hydrogens (primary N) is 1. The van der Waals surface area contributed by atoms with Crippen LogP contribution >= 0.6 is 0 Å². The summed E-state index contributed by atoms with van der Waals surface area (Å²) in [6.07, 6.45) is -0.573. The molecule has 0 aromatic heterocycles. The van der Waals surface area contributed by atoms with Gasteiger partial charge in [0.15, 0.2) is 0 Å². The van der Waals surface area contributed by atoms with Crippen LogP contribution in [0.25, 0.3) is 0 Å². The van der Waals surface area contributed by atoms with E-state index in [9.17, 15) is 24.5 Å². The SMILES string of the molecule is NC(=O)C[C@@H](NC(=O)c1cccc([N+](=O)[O-])c1)C(=O)O. The van der Waals surface area contributed by atoms with Gasteiger partial charge in [-0.25, -0.2) is 4.79 Å². The maximum atomic E-state index is 11.8. The second-order valence-electron chi connectivity index (χ2n) is 3.84. The van der Waals surface area contributed by atoms with Crippen molar-refractivity contribution < 1.29 is 24.4 Å². The zero-order valence-electron chi connectivity index (χ0n) is 10.1. The molecule has 0 aliphatic rings. The van der Waals surface area contributed by atoms with Gasteiger partial charge in [0.2, 0.25) is 5.91 Å². The first kappa shape index (κ1) is 15.1. The molecule has 0 bridgehead atoms. The number of nitro benzene ring substituents is 1. The van der Waals surface area contributed by atoms with Gasteiger partial charge in [0.25, 0.3) is 11.6 Å². The van der Waals surface area contributed by atoms with E-state index in [0.29, 0.717) is 0 Å². The third-order valence-corrected chi connectivity index (χ3v) is 2.33. The average Bonchev–Trinajstić information content (AvgIpc) is 2.37. The highest BCUT2D eigenvalue weighted by atomic mass is 16.6. The lowest BCUT2D eigenvalue weighted by Gasteiger charge is -2.12. The van der Waals surface area contributed by atoms with Crippen molar-refractivity contribution in [1.29, 1.82) is 0 Å². The Balaban J connectivity index is 2.88. The molecule has 0 radical (unpaired) electrons. The minimum Gasteiger partial charge on any atom is -0.480 e. The summed E-state index contributed by atoms with van der Waals surface area (Å²) in [6.45, 7) is 0. The highest BCUT2D eigenvalue weighted by Gasteiger charge is 2.23. The third kappa shape index (κ3) is 4.05. The first-order valence-corrected chi connectivity index (χ1v) is 5.37. The Hall–Kier alpha value is -2.97. The smallest absolute Gasteiger partial charge is 0.326 e. The molecule has 1 aromatic rings. The van der Waals surface area contributed by atoms with E-state index in [2.05, 4.69) is 5.32 Å². The first-order chi connectivity index (χ1) is 9.31. The van der Waals surface area contributed by atoms with Gasteiger partial charge >= 0.3 is 5.97 Å². The van der Waals surface area contributed by atoms with E-state index in [-0.39, 0.29) is 11.3 Å². The number of carbonyl (C=O) groups excluding carboxylic acids is 2. The quantitative estimate of drug-likeness (QED) is 0.478. The van der Waals surface area contributed by atoms with E-state index in [4.69, 9.17) is 10.8 Å². The minimum atomic E-state index is -1.49. The van der Waals surface area contributed by atoms with Crippen LogP contribution in [0.4, 0.5) is 5.69 Å². The Labute approximate surface area is 112 Å². The molecule has 0 saturated heterocycles. The molecule has 1 rings (SSSR count). The number of rotatable bonds is 6. The molecule has 1 aromatic carbocycles. The summed E-state index contributed by atoms with van der Waals surface area (Å²) in [4.78, 5) is 43.2. The van der Waals surface area contributed by atoms with Gasteiger partial charge in [-0.1, -0.05) is 6.07 Å². The molecule has 2 amide bonds. The summed E-state index contributed by atoms with van der Waals surface area (Å²) in [5, 5.41) is 21.5. The predicted octanol–water partition coefficient (Wildman–Crippen LogP) is -0.347. The number of hydrogen-bond donors (Lipinski definition) is 3. The van der Waals surface area contributed by atoms with Crippen LogP contribution in [0.15, 0.2) is 24.3 Å². The Morgan fingerprint density at radius 1 is 1.40 bits per heavy atom. The predicted molar refractivity (Wildman–Crippen MR) is 65.8 cm³/mol. The topological polar surface area (TPSA) is 153 Å². The third-order valence-electron chi connectivity index (χ3n) is 2.33. The van der Waals surface area contributed by atoms with Crippen molar-refractivity contribution in [1.82, 2.24) is 5.32 Å². The molecular weight excluding hydrogens is 270 g/mol. The average molecular weight is 281 g/mol. The van der Waals surface area contributed by atoms with Crippen LogP contribution in [0.1, 0.15) is 16.8 Å². The van der Waals surface area contributed by atoms with E-state index < -0.39 is 35.2 Å². The molecule has 4 N–H and O–H groups in total. The van der Waals surface area contributed by atoms with Crippen molar-refractivity contribution in [2.24, 2.45) is 5.73 Å². The molecular formula is C11H11N3O6. The summed E-state index contributed by atoms with van der Waals surface area (Å²) in [7, 11) is 0. The molecule has 0 spiro atoms. The molecule has 0 saturated carbocycles. The van der Waals surface area contributed by atoms with Crippen LogP contribution in [0, 0.1) is 10.1 Å². The number of aliphatic carboxylic acids is 1. The van der Waals surface area contributed by atoms with Crippen LogP contribution in [-0.4, -0.2) is 33.9 Å². The number of benzene rings is 1. The largest absolute Gasteiger partial charge is 0.480 e. The minimum absolute atomic E-state index is 0.0880. The van der Waals surface area contributed by atoms with E-state index in [1.165, 1.54) is 18.2 Å². The van der Waals surface area contributed by atoms with Crippen molar-refractivity contribution in [3.05, 3.63) is 39.9 Å². The zero-order valence-corrected chi connectivity index (χ0v) is 10.1. The van der Waals surface area contributed by atoms with Crippen LogP contribution in [-0.2, 0) is 9.59 Å². The van der Waals surface area contributed by atoms with Gasteiger partial charge in [-0.2, -0.15) is 0 Å².